The number of aliphatic hydroxyl groups is 1. The third-order valence-corrected chi connectivity index (χ3v) is 4.40. The molecule has 0 aliphatic carbocycles. The molecule has 0 amide bonds. The Bertz CT molecular complexity index is 417. The molecule has 0 fully saturated rings. The van der Waals surface area contributed by atoms with Crippen LogP contribution in [-0.4, -0.2) is 42.8 Å². The molecule has 1 unspecified atom stereocenters. The molecule has 0 bridgehead atoms. The monoisotopic (exact) mass is 376 g/mol. The van der Waals surface area contributed by atoms with Gasteiger partial charge in [0.05, 0.1) is 6.61 Å². The molecule has 0 aromatic heterocycles. The Kier molecular flexibility index (Phi) is 9.52. The van der Waals surface area contributed by atoms with E-state index in [-0.39, 0.29) is 12.6 Å². The lowest BCUT2D eigenvalue weighted by Gasteiger charge is -2.25. The number of aliphatic hydroxyl groups excluding tert-OH is 1. The van der Waals surface area contributed by atoms with Crippen molar-refractivity contribution in [2.24, 2.45) is 0 Å². The Balaban J connectivity index is 2.74. The van der Waals surface area contributed by atoms with E-state index in [2.05, 4.69) is 46.1 Å². The van der Waals surface area contributed by atoms with E-state index in [1.807, 2.05) is 12.1 Å². The van der Waals surface area contributed by atoms with Crippen LogP contribution in [0.15, 0.2) is 22.7 Å². The van der Waals surface area contributed by atoms with Crippen LogP contribution >= 0.6 is 27.5 Å². The van der Waals surface area contributed by atoms with Gasteiger partial charge in [-0.2, -0.15) is 0 Å². The number of rotatable bonds is 10. The summed E-state index contributed by atoms with van der Waals surface area (Å²) in [6.07, 6.45) is 2.08. The van der Waals surface area contributed by atoms with Crippen molar-refractivity contribution in [2.45, 2.75) is 32.7 Å². The van der Waals surface area contributed by atoms with Gasteiger partial charge < -0.3 is 15.3 Å². The van der Waals surface area contributed by atoms with Crippen LogP contribution < -0.4 is 5.32 Å². The molecule has 0 aliphatic rings. The summed E-state index contributed by atoms with van der Waals surface area (Å²) in [5.41, 5.74) is 1.15. The van der Waals surface area contributed by atoms with Gasteiger partial charge in [-0.1, -0.05) is 47.4 Å². The zero-order chi connectivity index (χ0) is 15.7. The molecule has 0 saturated heterocycles. The standard InChI is InChI=1S/C16H26BrClN2O/c1-3-8-19-16(7-9-20(4-2)10-11-21)14-6-5-13(17)12-15(14)18/h5-6,12,16,19,21H,3-4,7-11H2,1-2H3. The number of benzene rings is 1. The molecule has 2 N–H and O–H groups in total. The van der Waals surface area contributed by atoms with Gasteiger partial charge in [0.25, 0.3) is 0 Å². The maximum Gasteiger partial charge on any atom is 0.0558 e. The first-order chi connectivity index (χ1) is 10.1. The van der Waals surface area contributed by atoms with Crippen LogP contribution in [0.1, 0.15) is 38.3 Å². The second kappa shape index (κ2) is 10.6. The molecule has 120 valence electrons. The second-order valence-corrected chi connectivity index (χ2v) is 6.44. The highest BCUT2D eigenvalue weighted by Gasteiger charge is 2.15. The number of nitrogens with zero attached hydrogens (tertiary/aromatic N) is 1. The maximum atomic E-state index is 9.08. The van der Waals surface area contributed by atoms with Gasteiger partial charge in [0.2, 0.25) is 0 Å². The van der Waals surface area contributed by atoms with Crippen LogP contribution in [0.5, 0.6) is 0 Å². The summed E-state index contributed by atoms with van der Waals surface area (Å²) < 4.78 is 1.00. The largest absolute Gasteiger partial charge is 0.395 e. The highest BCUT2D eigenvalue weighted by Crippen LogP contribution is 2.28. The molecule has 1 aromatic carbocycles. The highest BCUT2D eigenvalue weighted by atomic mass is 79.9. The summed E-state index contributed by atoms with van der Waals surface area (Å²) >= 11 is 9.84. The molecule has 1 atom stereocenters. The topological polar surface area (TPSA) is 35.5 Å². The first-order valence-electron chi connectivity index (χ1n) is 7.63. The minimum absolute atomic E-state index is 0.208. The zero-order valence-corrected chi connectivity index (χ0v) is 15.3. The van der Waals surface area contributed by atoms with Gasteiger partial charge in [-0.15, -0.1) is 0 Å². The van der Waals surface area contributed by atoms with E-state index in [4.69, 9.17) is 16.7 Å². The molecular formula is C16H26BrClN2O. The number of hydrogen-bond acceptors (Lipinski definition) is 3. The first-order valence-corrected chi connectivity index (χ1v) is 8.81. The van der Waals surface area contributed by atoms with Crippen molar-refractivity contribution in [2.75, 3.05) is 32.8 Å². The van der Waals surface area contributed by atoms with Crippen LogP contribution in [-0.2, 0) is 0 Å². The van der Waals surface area contributed by atoms with Crippen molar-refractivity contribution in [3.05, 3.63) is 33.3 Å². The summed E-state index contributed by atoms with van der Waals surface area (Å²) in [4.78, 5) is 2.26. The third-order valence-electron chi connectivity index (χ3n) is 3.58. The van der Waals surface area contributed by atoms with Gasteiger partial charge in [-0.25, -0.2) is 0 Å². The Morgan fingerprint density at radius 1 is 1.33 bits per heavy atom. The van der Waals surface area contributed by atoms with E-state index >= 15 is 0 Å². The molecule has 0 heterocycles. The lowest BCUT2D eigenvalue weighted by atomic mass is 10.0. The third kappa shape index (κ3) is 6.66. The predicted octanol–water partition coefficient (Wildman–Crippen LogP) is 3.85. The Labute approximate surface area is 141 Å². The molecule has 5 heteroatoms. The average Bonchev–Trinajstić information content (AvgIpc) is 2.47. The number of halogens is 2. The van der Waals surface area contributed by atoms with Crippen LogP contribution in [0, 0.1) is 0 Å². The molecule has 0 aliphatic heterocycles. The Morgan fingerprint density at radius 3 is 2.67 bits per heavy atom. The fourth-order valence-electron chi connectivity index (χ4n) is 2.35. The van der Waals surface area contributed by atoms with Crippen molar-refractivity contribution in [1.82, 2.24) is 10.2 Å². The average molecular weight is 378 g/mol. The van der Waals surface area contributed by atoms with E-state index in [1.54, 1.807) is 0 Å². The summed E-state index contributed by atoms with van der Waals surface area (Å²) in [7, 11) is 0. The molecule has 0 radical (unpaired) electrons. The van der Waals surface area contributed by atoms with Gasteiger partial charge in [-0.05, 0) is 43.6 Å². The normalized spacial score (nSPS) is 12.9. The highest BCUT2D eigenvalue weighted by molar-refractivity contribution is 9.10. The minimum Gasteiger partial charge on any atom is -0.395 e. The number of hydrogen-bond donors (Lipinski definition) is 2. The molecule has 0 spiro atoms. The van der Waals surface area contributed by atoms with Gasteiger partial charge in [-0.3, -0.25) is 0 Å². The molecule has 3 nitrogen and oxygen atoms in total. The van der Waals surface area contributed by atoms with Crippen molar-refractivity contribution in [3.63, 3.8) is 0 Å². The van der Waals surface area contributed by atoms with Crippen LogP contribution in [0.25, 0.3) is 0 Å². The lowest BCUT2D eigenvalue weighted by Crippen LogP contribution is -2.32. The minimum atomic E-state index is 0.208. The van der Waals surface area contributed by atoms with E-state index in [1.165, 1.54) is 0 Å². The fraction of sp³-hybridized carbons (Fsp3) is 0.625. The first kappa shape index (κ1) is 18.9. The predicted molar refractivity (Wildman–Crippen MR) is 94.0 cm³/mol. The SMILES string of the molecule is CCCNC(CCN(CC)CCO)c1ccc(Br)cc1Cl. The van der Waals surface area contributed by atoms with E-state index < -0.39 is 0 Å². The van der Waals surface area contributed by atoms with Gasteiger partial charge in [0.1, 0.15) is 0 Å². The quantitative estimate of drug-likeness (QED) is 0.650. The summed E-state index contributed by atoms with van der Waals surface area (Å²) in [5, 5.41) is 13.5. The number of likely N-dealkylation sites (N-methyl/N-ethyl adjacent to an activating group) is 1. The number of nitrogens with one attached hydrogen (secondary N) is 1. The van der Waals surface area contributed by atoms with Crippen molar-refractivity contribution in [3.8, 4) is 0 Å². The molecule has 1 rings (SSSR count). The van der Waals surface area contributed by atoms with Crippen LogP contribution in [0.4, 0.5) is 0 Å². The second-order valence-electron chi connectivity index (χ2n) is 5.12. The summed E-state index contributed by atoms with van der Waals surface area (Å²) in [6, 6.07) is 6.32. The van der Waals surface area contributed by atoms with Crippen LogP contribution in [0.2, 0.25) is 5.02 Å². The molecule has 21 heavy (non-hydrogen) atoms. The van der Waals surface area contributed by atoms with E-state index in [0.29, 0.717) is 0 Å². The summed E-state index contributed by atoms with van der Waals surface area (Å²) in [5.74, 6) is 0. The van der Waals surface area contributed by atoms with Crippen molar-refractivity contribution in [1.29, 1.82) is 0 Å². The fourth-order valence-corrected chi connectivity index (χ4v) is 3.16. The van der Waals surface area contributed by atoms with Crippen LogP contribution in [0.3, 0.4) is 0 Å². The smallest absolute Gasteiger partial charge is 0.0558 e. The van der Waals surface area contributed by atoms with Crippen molar-refractivity contribution < 1.29 is 5.11 Å². The van der Waals surface area contributed by atoms with Gasteiger partial charge in [0.15, 0.2) is 0 Å². The zero-order valence-electron chi connectivity index (χ0n) is 12.9. The Morgan fingerprint density at radius 2 is 2.10 bits per heavy atom. The van der Waals surface area contributed by atoms with E-state index in [9.17, 15) is 0 Å². The molecule has 1 aromatic rings. The summed E-state index contributed by atoms with van der Waals surface area (Å²) in [6.45, 7) is 8.10. The Hall–Kier alpha value is -0.130. The molecular weight excluding hydrogens is 352 g/mol. The van der Waals surface area contributed by atoms with Gasteiger partial charge in [0, 0.05) is 28.6 Å². The molecule has 0 saturated carbocycles. The van der Waals surface area contributed by atoms with Gasteiger partial charge >= 0.3 is 0 Å². The van der Waals surface area contributed by atoms with E-state index in [0.717, 1.165) is 54.1 Å². The van der Waals surface area contributed by atoms with Crippen molar-refractivity contribution >= 4 is 27.5 Å². The lowest BCUT2D eigenvalue weighted by molar-refractivity contribution is 0.195. The maximum absolute atomic E-state index is 9.08.